The molecule has 7 nitrogen and oxygen atoms in total. The summed E-state index contributed by atoms with van der Waals surface area (Å²) < 4.78 is 30.0. The molecule has 2 aromatic carbocycles. The normalized spacial score (nSPS) is 22.2. The van der Waals surface area contributed by atoms with Crippen LogP contribution in [0, 0.1) is 18.3 Å². The van der Waals surface area contributed by atoms with Crippen LogP contribution in [0.25, 0.3) is 10.9 Å². The number of anilines is 2. The second kappa shape index (κ2) is 9.75. The number of halogens is 1. The molecule has 2 atom stereocenters. The van der Waals surface area contributed by atoms with Crippen molar-refractivity contribution in [3.05, 3.63) is 58.7 Å². The monoisotopic (exact) mass is 569 g/mol. The van der Waals surface area contributed by atoms with E-state index in [4.69, 9.17) is 11.6 Å². The molecule has 1 unspecified atom stereocenters. The fraction of sp³-hybridized carbons (Fsp3) is 0.467. The molecule has 2 aliphatic rings. The average Bonchev–Trinajstić information content (AvgIpc) is 3.25. The molecule has 2 saturated carbocycles. The fourth-order valence-corrected chi connectivity index (χ4v) is 9.65. The highest BCUT2D eigenvalue weighted by Crippen LogP contribution is 2.63. The first kappa shape index (κ1) is 27.9. The highest BCUT2D eigenvalue weighted by molar-refractivity contribution is 7.95. The highest BCUT2D eigenvalue weighted by atomic mass is 35.5. The molecule has 2 aliphatic carbocycles. The number of phenolic OH excluding ortho intramolecular Hbond substituents is 1. The van der Waals surface area contributed by atoms with Crippen LogP contribution in [0.1, 0.15) is 58.2 Å². The number of pyridine rings is 1. The van der Waals surface area contributed by atoms with E-state index in [1.165, 1.54) is 4.31 Å². The van der Waals surface area contributed by atoms with E-state index in [0.29, 0.717) is 57.9 Å². The molecule has 0 spiro atoms. The lowest BCUT2D eigenvalue weighted by molar-refractivity contribution is -0.121. The lowest BCUT2D eigenvalue weighted by Crippen LogP contribution is -2.55. The number of Topliss-reactive ketones (excluding diaryl/α,β-unsaturated/α-hetero) is 1. The van der Waals surface area contributed by atoms with Crippen LogP contribution in [-0.2, 0) is 21.4 Å². The molecule has 1 N–H and O–H groups in total. The maximum absolute atomic E-state index is 15.1. The van der Waals surface area contributed by atoms with Gasteiger partial charge in [-0.25, -0.2) is 12.7 Å². The Balaban J connectivity index is 1.80. The van der Waals surface area contributed by atoms with Crippen molar-refractivity contribution < 1.29 is 18.3 Å². The van der Waals surface area contributed by atoms with E-state index in [9.17, 15) is 9.90 Å². The van der Waals surface area contributed by atoms with Gasteiger partial charge in [0.2, 0.25) is 0 Å². The molecule has 0 radical (unpaired) electrons. The van der Waals surface area contributed by atoms with Gasteiger partial charge in [-0.1, -0.05) is 39.3 Å². The van der Waals surface area contributed by atoms with Gasteiger partial charge in [-0.2, -0.15) is 0 Å². The average molecular weight is 570 g/mol. The van der Waals surface area contributed by atoms with E-state index >= 15 is 8.42 Å². The maximum Gasteiger partial charge on any atom is 0.253 e. The number of nitrogens with zero attached hydrogens (tertiary/aromatic N) is 3. The highest BCUT2D eigenvalue weighted by Gasteiger charge is 2.72. The zero-order valence-electron chi connectivity index (χ0n) is 23.2. The number of carbonyl (C=O) groups is 1. The number of aryl methyl sites for hydroxylation is 1. The summed E-state index contributed by atoms with van der Waals surface area (Å²) in [7, 11) is -4.29. The van der Waals surface area contributed by atoms with E-state index in [-0.39, 0.29) is 23.9 Å². The van der Waals surface area contributed by atoms with Crippen LogP contribution in [0.2, 0.25) is 5.02 Å². The number of aromatic hydroxyl groups is 1. The van der Waals surface area contributed by atoms with Gasteiger partial charge >= 0.3 is 0 Å². The third kappa shape index (κ3) is 4.14. The largest absolute Gasteiger partial charge is 0.508 e. The van der Waals surface area contributed by atoms with Gasteiger partial charge in [0.25, 0.3) is 10.0 Å². The smallest absolute Gasteiger partial charge is 0.253 e. The van der Waals surface area contributed by atoms with E-state index in [1.807, 2.05) is 34.6 Å². The summed E-state index contributed by atoms with van der Waals surface area (Å²) in [5.41, 5.74) is 1.89. The van der Waals surface area contributed by atoms with Crippen molar-refractivity contribution in [2.75, 3.05) is 17.4 Å². The standard InChI is InChI=1S/C30H36ClN3O4S/c1-6-33(7-2)18-20-15-23(9-11-27(20)35)34(26-14-19(3)32-25-17-22(31)8-10-24(25)26)39(37,38)30-13-12-21(16-28(30)36)29(30,4)5/h8-11,14-15,17,21,35H,6-7,12-13,16,18H2,1-5H3/t21?,30-/m1/s1. The van der Waals surface area contributed by atoms with E-state index in [0.717, 1.165) is 13.1 Å². The number of benzene rings is 2. The summed E-state index contributed by atoms with van der Waals surface area (Å²) in [6.45, 7) is 11.8. The molecule has 2 bridgehead atoms. The van der Waals surface area contributed by atoms with E-state index < -0.39 is 20.2 Å². The summed E-state index contributed by atoms with van der Waals surface area (Å²) in [5, 5.41) is 11.9. The quantitative estimate of drug-likeness (QED) is 0.339. The van der Waals surface area contributed by atoms with Crippen molar-refractivity contribution in [2.45, 2.75) is 65.2 Å². The third-order valence-corrected chi connectivity index (χ3v) is 12.1. The van der Waals surface area contributed by atoms with Crippen molar-refractivity contribution in [3.8, 4) is 5.75 Å². The van der Waals surface area contributed by atoms with Gasteiger partial charge in [0.15, 0.2) is 10.5 Å². The van der Waals surface area contributed by atoms with Crippen LogP contribution in [0.3, 0.4) is 0 Å². The van der Waals surface area contributed by atoms with Gasteiger partial charge in [-0.15, -0.1) is 0 Å². The van der Waals surface area contributed by atoms with Gasteiger partial charge in [-0.3, -0.25) is 14.7 Å². The van der Waals surface area contributed by atoms with Crippen LogP contribution in [-0.4, -0.2) is 47.0 Å². The second-order valence-electron chi connectivity index (χ2n) is 11.4. The number of aromatic nitrogens is 1. The van der Waals surface area contributed by atoms with Crippen LogP contribution in [0.4, 0.5) is 11.4 Å². The summed E-state index contributed by atoms with van der Waals surface area (Å²) in [4.78, 5) is 20.4. The second-order valence-corrected chi connectivity index (χ2v) is 13.8. The Labute approximate surface area is 235 Å². The predicted molar refractivity (Wildman–Crippen MR) is 156 cm³/mol. The Morgan fingerprint density at radius 3 is 2.44 bits per heavy atom. The summed E-state index contributed by atoms with van der Waals surface area (Å²) in [6, 6.07) is 11.8. The van der Waals surface area contributed by atoms with Crippen LogP contribution in [0.15, 0.2) is 42.5 Å². The van der Waals surface area contributed by atoms with Crippen molar-refractivity contribution >= 4 is 49.7 Å². The number of phenols is 1. The Bertz CT molecular complexity index is 1560. The third-order valence-electron chi connectivity index (χ3n) is 9.15. The minimum atomic E-state index is -4.29. The van der Waals surface area contributed by atoms with Crippen molar-refractivity contribution in [1.82, 2.24) is 9.88 Å². The molecule has 0 amide bonds. The molecule has 2 fully saturated rings. The first-order chi connectivity index (χ1) is 18.4. The SMILES string of the molecule is CCN(CC)Cc1cc(N(c2cc(C)nc3cc(Cl)ccc23)S(=O)(=O)[C@]23CCC(CC2=O)C3(C)C)ccc1O. The van der Waals surface area contributed by atoms with Crippen molar-refractivity contribution in [1.29, 1.82) is 0 Å². The Hall–Kier alpha value is -2.68. The minimum absolute atomic E-state index is 0.0226. The van der Waals surface area contributed by atoms with Crippen molar-refractivity contribution in [2.24, 2.45) is 11.3 Å². The number of fused-ring (bicyclic) bond motifs is 3. The van der Waals surface area contributed by atoms with Crippen LogP contribution < -0.4 is 4.31 Å². The lowest BCUT2D eigenvalue weighted by atomic mass is 9.81. The molecule has 5 rings (SSSR count). The van der Waals surface area contributed by atoms with E-state index in [1.54, 1.807) is 42.5 Å². The fourth-order valence-electron chi connectivity index (χ4n) is 6.80. The molecule has 0 saturated heterocycles. The number of hydrogen-bond acceptors (Lipinski definition) is 6. The molecule has 9 heteroatoms. The molecule has 1 heterocycles. The maximum atomic E-state index is 15.1. The number of rotatable bonds is 8. The summed E-state index contributed by atoms with van der Waals surface area (Å²) in [6.07, 6.45) is 1.26. The molecule has 208 valence electrons. The number of ketones is 1. The molecule has 39 heavy (non-hydrogen) atoms. The molecule has 0 aliphatic heterocycles. The van der Waals surface area contributed by atoms with Crippen molar-refractivity contribution in [3.63, 3.8) is 0 Å². The Morgan fingerprint density at radius 2 is 1.82 bits per heavy atom. The van der Waals surface area contributed by atoms with Gasteiger partial charge < -0.3 is 5.11 Å². The van der Waals surface area contributed by atoms with Crippen LogP contribution >= 0.6 is 11.6 Å². The summed E-state index contributed by atoms with van der Waals surface area (Å²) in [5.74, 6) is -0.0923. The van der Waals surface area contributed by atoms with Gasteiger partial charge in [0.05, 0.1) is 16.9 Å². The first-order valence-electron chi connectivity index (χ1n) is 13.6. The molecule has 1 aromatic heterocycles. The number of carbonyl (C=O) groups excluding carboxylic acids is 1. The zero-order chi connectivity index (χ0) is 28.3. The summed E-state index contributed by atoms with van der Waals surface area (Å²) >= 11 is 6.29. The zero-order valence-corrected chi connectivity index (χ0v) is 24.7. The molecular weight excluding hydrogens is 534 g/mol. The topological polar surface area (TPSA) is 90.8 Å². The van der Waals surface area contributed by atoms with E-state index in [2.05, 4.69) is 9.88 Å². The first-order valence-corrected chi connectivity index (χ1v) is 15.4. The molecular formula is C30H36ClN3O4S. The number of hydrogen-bond donors (Lipinski definition) is 1. The van der Waals surface area contributed by atoms with Crippen LogP contribution in [0.5, 0.6) is 5.75 Å². The Kier molecular flexibility index (Phi) is 6.97. The van der Waals surface area contributed by atoms with Gasteiger partial charge in [-0.05, 0) is 86.7 Å². The van der Waals surface area contributed by atoms with Gasteiger partial charge in [0.1, 0.15) is 5.75 Å². The molecule has 3 aromatic rings. The Morgan fingerprint density at radius 1 is 1.10 bits per heavy atom. The number of sulfonamides is 1. The van der Waals surface area contributed by atoms with Gasteiger partial charge in [0, 0.05) is 34.6 Å². The predicted octanol–water partition coefficient (Wildman–Crippen LogP) is 6.36. The minimum Gasteiger partial charge on any atom is -0.508 e. The lowest BCUT2D eigenvalue weighted by Gasteiger charge is -2.40.